The highest BCUT2D eigenvalue weighted by molar-refractivity contribution is 14.1. The average Bonchev–Trinajstić information content (AvgIpc) is 2.63. The van der Waals surface area contributed by atoms with Gasteiger partial charge in [-0.3, -0.25) is 14.4 Å². The summed E-state index contributed by atoms with van der Waals surface area (Å²) in [4.78, 5) is 36.0. The van der Waals surface area contributed by atoms with Gasteiger partial charge in [-0.25, -0.2) is 4.39 Å². The van der Waals surface area contributed by atoms with Crippen molar-refractivity contribution >= 4 is 40.3 Å². The first kappa shape index (κ1) is 21.8. The molecule has 28 heavy (non-hydrogen) atoms. The van der Waals surface area contributed by atoms with Crippen LogP contribution in [0.25, 0.3) is 0 Å². The lowest BCUT2D eigenvalue weighted by Gasteiger charge is -2.22. The Labute approximate surface area is 176 Å². The van der Waals surface area contributed by atoms with Gasteiger partial charge >= 0.3 is 0 Å². The van der Waals surface area contributed by atoms with Crippen LogP contribution in [-0.4, -0.2) is 29.8 Å². The van der Waals surface area contributed by atoms with E-state index in [1.807, 2.05) is 24.3 Å². The zero-order chi connectivity index (χ0) is 20.7. The summed E-state index contributed by atoms with van der Waals surface area (Å²) in [7, 11) is 0. The van der Waals surface area contributed by atoms with E-state index in [0.29, 0.717) is 5.56 Å². The van der Waals surface area contributed by atoms with Crippen LogP contribution >= 0.6 is 22.6 Å². The molecule has 8 heteroatoms. The minimum atomic E-state index is -0.919. The van der Waals surface area contributed by atoms with E-state index >= 15 is 0 Å². The van der Waals surface area contributed by atoms with Gasteiger partial charge in [0.25, 0.3) is 0 Å². The second-order valence-corrected chi connectivity index (χ2v) is 7.62. The molecule has 0 radical (unpaired) electrons. The van der Waals surface area contributed by atoms with Crippen LogP contribution in [0.3, 0.4) is 0 Å². The second-order valence-electron chi connectivity index (χ2n) is 6.38. The maximum absolute atomic E-state index is 13.1. The summed E-state index contributed by atoms with van der Waals surface area (Å²) in [5, 5.41) is 5.17. The van der Waals surface area contributed by atoms with Crippen molar-refractivity contribution in [3.05, 3.63) is 69.0 Å². The van der Waals surface area contributed by atoms with Crippen LogP contribution in [0.5, 0.6) is 0 Å². The maximum Gasteiger partial charge on any atom is 0.243 e. The number of rotatable bonds is 8. The standard InChI is InChI=1S/C20H21FIN3O3/c1-12(26)24-18(11-13-2-6-15(21)7-3-13)20(28)25-17(19(23)27)10-14-4-8-16(22)9-5-14/h2-9,17-18H,10-11H2,1H3,(H2,23,27)(H,24,26)(H,25,28)/t17-,18+/m1/s1. The van der Waals surface area contributed by atoms with Gasteiger partial charge in [0.2, 0.25) is 17.7 Å². The molecule has 0 aromatic heterocycles. The Hall–Kier alpha value is -2.49. The lowest BCUT2D eigenvalue weighted by molar-refractivity contribution is -0.130. The Bertz CT molecular complexity index is 841. The van der Waals surface area contributed by atoms with E-state index in [1.54, 1.807) is 0 Å². The van der Waals surface area contributed by atoms with Gasteiger partial charge in [-0.05, 0) is 58.0 Å². The fourth-order valence-corrected chi connectivity index (χ4v) is 3.02. The molecule has 3 amide bonds. The van der Waals surface area contributed by atoms with Gasteiger partial charge in [0, 0.05) is 23.3 Å². The smallest absolute Gasteiger partial charge is 0.243 e. The minimum absolute atomic E-state index is 0.153. The Morgan fingerprint density at radius 1 is 0.929 bits per heavy atom. The molecule has 0 fully saturated rings. The third-order valence-corrected chi connectivity index (χ3v) is 4.78. The number of benzene rings is 2. The fraction of sp³-hybridized carbons (Fsp3) is 0.250. The van der Waals surface area contributed by atoms with Crippen molar-refractivity contribution in [2.24, 2.45) is 5.73 Å². The Morgan fingerprint density at radius 2 is 1.43 bits per heavy atom. The molecule has 2 atom stereocenters. The molecule has 0 heterocycles. The molecule has 2 aromatic carbocycles. The summed E-state index contributed by atoms with van der Waals surface area (Å²) in [5.41, 5.74) is 6.97. The Balaban J connectivity index is 2.11. The number of hydrogen-bond donors (Lipinski definition) is 3. The predicted octanol–water partition coefficient (Wildman–Crippen LogP) is 1.69. The van der Waals surface area contributed by atoms with E-state index in [2.05, 4.69) is 33.2 Å². The number of carbonyl (C=O) groups is 3. The molecule has 4 N–H and O–H groups in total. The largest absolute Gasteiger partial charge is 0.368 e. The molecule has 0 bridgehead atoms. The van der Waals surface area contributed by atoms with Crippen LogP contribution in [-0.2, 0) is 27.2 Å². The zero-order valence-electron chi connectivity index (χ0n) is 15.2. The highest BCUT2D eigenvalue weighted by atomic mass is 127. The van der Waals surface area contributed by atoms with Gasteiger partial charge in [-0.2, -0.15) is 0 Å². The van der Waals surface area contributed by atoms with Crippen LogP contribution in [0, 0.1) is 9.39 Å². The third-order valence-electron chi connectivity index (χ3n) is 4.06. The first-order valence-corrected chi connectivity index (χ1v) is 9.68. The number of hydrogen-bond acceptors (Lipinski definition) is 3. The fourth-order valence-electron chi connectivity index (χ4n) is 2.66. The van der Waals surface area contributed by atoms with E-state index in [0.717, 1.165) is 9.13 Å². The monoisotopic (exact) mass is 497 g/mol. The molecule has 2 rings (SSSR count). The molecule has 0 aliphatic carbocycles. The van der Waals surface area contributed by atoms with Crippen molar-refractivity contribution in [1.82, 2.24) is 10.6 Å². The zero-order valence-corrected chi connectivity index (χ0v) is 17.4. The second kappa shape index (κ2) is 10.2. The number of halogens is 2. The van der Waals surface area contributed by atoms with Gasteiger partial charge in [0.1, 0.15) is 17.9 Å². The molecule has 148 valence electrons. The topological polar surface area (TPSA) is 101 Å². The molecule has 2 aromatic rings. The summed E-state index contributed by atoms with van der Waals surface area (Å²) in [6, 6.07) is 11.3. The number of primary amides is 1. The normalized spacial score (nSPS) is 12.7. The summed E-state index contributed by atoms with van der Waals surface area (Å²) < 4.78 is 14.1. The lowest BCUT2D eigenvalue weighted by atomic mass is 10.0. The van der Waals surface area contributed by atoms with Gasteiger partial charge in [0.15, 0.2) is 0 Å². The van der Waals surface area contributed by atoms with Gasteiger partial charge in [-0.15, -0.1) is 0 Å². The van der Waals surface area contributed by atoms with Crippen LogP contribution in [0.4, 0.5) is 4.39 Å². The highest BCUT2D eigenvalue weighted by Crippen LogP contribution is 2.10. The summed E-state index contributed by atoms with van der Waals surface area (Å²) >= 11 is 2.17. The highest BCUT2D eigenvalue weighted by Gasteiger charge is 2.25. The van der Waals surface area contributed by atoms with Crippen LogP contribution in [0.1, 0.15) is 18.1 Å². The number of carbonyl (C=O) groups excluding carboxylic acids is 3. The quantitative estimate of drug-likeness (QED) is 0.484. The van der Waals surface area contributed by atoms with E-state index in [9.17, 15) is 18.8 Å². The van der Waals surface area contributed by atoms with E-state index in [1.165, 1.54) is 31.2 Å². The third kappa shape index (κ3) is 6.91. The van der Waals surface area contributed by atoms with Crippen molar-refractivity contribution in [1.29, 1.82) is 0 Å². The van der Waals surface area contributed by atoms with Crippen molar-refractivity contribution < 1.29 is 18.8 Å². The molecular weight excluding hydrogens is 476 g/mol. The molecule has 0 aliphatic rings. The number of nitrogens with two attached hydrogens (primary N) is 1. The van der Waals surface area contributed by atoms with Crippen molar-refractivity contribution in [2.75, 3.05) is 0 Å². The van der Waals surface area contributed by atoms with E-state index in [-0.39, 0.29) is 12.8 Å². The van der Waals surface area contributed by atoms with Crippen molar-refractivity contribution in [3.63, 3.8) is 0 Å². The molecule has 0 saturated carbocycles. The lowest BCUT2D eigenvalue weighted by Crippen LogP contribution is -2.54. The van der Waals surface area contributed by atoms with Gasteiger partial charge in [0.05, 0.1) is 0 Å². The first-order valence-electron chi connectivity index (χ1n) is 8.60. The summed E-state index contributed by atoms with van der Waals surface area (Å²) in [6.07, 6.45) is 0.391. The predicted molar refractivity (Wildman–Crippen MR) is 112 cm³/mol. The number of nitrogens with one attached hydrogen (secondary N) is 2. The molecule has 6 nitrogen and oxygen atoms in total. The molecule has 0 unspecified atom stereocenters. The van der Waals surface area contributed by atoms with Gasteiger partial charge < -0.3 is 16.4 Å². The minimum Gasteiger partial charge on any atom is -0.368 e. The molecule has 0 saturated heterocycles. The first-order chi connectivity index (χ1) is 13.2. The van der Waals surface area contributed by atoms with E-state index < -0.39 is 35.6 Å². The SMILES string of the molecule is CC(=O)N[C@@H](Cc1ccc(F)cc1)C(=O)N[C@H](Cc1ccc(I)cc1)C(N)=O. The van der Waals surface area contributed by atoms with Crippen molar-refractivity contribution in [2.45, 2.75) is 31.8 Å². The van der Waals surface area contributed by atoms with E-state index in [4.69, 9.17) is 5.73 Å². The van der Waals surface area contributed by atoms with Crippen LogP contribution in [0.15, 0.2) is 48.5 Å². The van der Waals surface area contributed by atoms with Crippen LogP contribution < -0.4 is 16.4 Å². The van der Waals surface area contributed by atoms with Crippen LogP contribution in [0.2, 0.25) is 0 Å². The molecular formula is C20H21FIN3O3. The van der Waals surface area contributed by atoms with Gasteiger partial charge in [-0.1, -0.05) is 24.3 Å². The Morgan fingerprint density at radius 3 is 1.93 bits per heavy atom. The van der Waals surface area contributed by atoms with Crippen molar-refractivity contribution in [3.8, 4) is 0 Å². The summed E-state index contributed by atoms with van der Waals surface area (Å²) in [6.45, 7) is 1.29. The molecule has 0 spiro atoms. The number of amides is 3. The molecule has 0 aliphatic heterocycles. The maximum atomic E-state index is 13.1. The average molecular weight is 497 g/mol. The summed E-state index contributed by atoms with van der Waals surface area (Å²) in [5.74, 6) is -1.99. The Kier molecular flexibility index (Phi) is 7.91.